The van der Waals surface area contributed by atoms with Crippen molar-refractivity contribution in [3.63, 3.8) is 0 Å². The highest BCUT2D eigenvalue weighted by Crippen LogP contribution is 2.42. The number of phosphoric acid groups is 1. The van der Waals surface area contributed by atoms with Crippen molar-refractivity contribution in [2.45, 2.75) is 46.3 Å². The zero-order valence-electron chi connectivity index (χ0n) is 18.9. The second-order valence-electron chi connectivity index (χ2n) is 8.11. The number of hydrogen-bond donors (Lipinski definition) is 3. The van der Waals surface area contributed by atoms with Gasteiger partial charge in [0, 0.05) is 29.9 Å². The fourth-order valence-corrected chi connectivity index (χ4v) is 4.45. The summed E-state index contributed by atoms with van der Waals surface area (Å²) in [5.74, 6) is 6.67. The average molecular weight is 494 g/mol. The van der Waals surface area contributed by atoms with Gasteiger partial charge >= 0.3 is 7.82 Å². The van der Waals surface area contributed by atoms with Gasteiger partial charge in [0.2, 0.25) is 5.95 Å². The summed E-state index contributed by atoms with van der Waals surface area (Å²) in [5, 5.41) is 0.668. The van der Waals surface area contributed by atoms with E-state index in [0.29, 0.717) is 23.1 Å². The summed E-state index contributed by atoms with van der Waals surface area (Å²) in [5.41, 5.74) is 8.30. The SMILES string of the molecule is COc1c(C)cnc(Cn2cc(C#CCC(C)(C)OP(=O)(O)O)c3c(Cl)nc(N)nc32)c1C. The van der Waals surface area contributed by atoms with Crippen LogP contribution < -0.4 is 10.5 Å². The third-order valence-corrected chi connectivity index (χ3v) is 5.87. The number of pyridine rings is 1. The number of anilines is 1. The van der Waals surface area contributed by atoms with Crippen molar-refractivity contribution in [2.24, 2.45) is 0 Å². The van der Waals surface area contributed by atoms with Gasteiger partial charge in [-0.3, -0.25) is 9.51 Å². The topological polar surface area (TPSA) is 146 Å². The first-order chi connectivity index (χ1) is 15.3. The minimum absolute atomic E-state index is 0.0219. The molecule has 3 heterocycles. The molecule has 0 unspecified atom stereocenters. The molecule has 0 amide bonds. The molecule has 0 aliphatic carbocycles. The Morgan fingerprint density at radius 1 is 1.30 bits per heavy atom. The van der Waals surface area contributed by atoms with Crippen molar-refractivity contribution in [1.29, 1.82) is 0 Å². The molecule has 10 nitrogen and oxygen atoms in total. The van der Waals surface area contributed by atoms with Crippen LogP contribution in [0.3, 0.4) is 0 Å². The third-order valence-electron chi connectivity index (χ3n) is 4.86. The number of ether oxygens (including phenoxy) is 1. The lowest BCUT2D eigenvalue weighted by atomic mass is 10.1. The molecule has 0 saturated carbocycles. The predicted octanol–water partition coefficient (Wildman–Crippen LogP) is 3.37. The van der Waals surface area contributed by atoms with Crippen LogP contribution >= 0.6 is 19.4 Å². The fourth-order valence-electron chi connectivity index (χ4n) is 3.47. The molecule has 3 aromatic rings. The maximum absolute atomic E-state index is 11.2. The predicted molar refractivity (Wildman–Crippen MR) is 125 cm³/mol. The van der Waals surface area contributed by atoms with Crippen molar-refractivity contribution in [2.75, 3.05) is 12.8 Å². The molecule has 0 radical (unpaired) electrons. The van der Waals surface area contributed by atoms with E-state index in [2.05, 4.69) is 26.8 Å². The number of hydrogen-bond acceptors (Lipinski definition) is 7. The Morgan fingerprint density at radius 2 is 2.00 bits per heavy atom. The van der Waals surface area contributed by atoms with Crippen LogP contribution in [0.25, 0.3) is 11.0 Å². The number of nitrogens with zero attached hydrogens (tertiary/aromatic N) is 4. The van der Waals surface area contributed by atoms with E-state index < -0.39 is 13.4 Å². The summed E-state index contributed by atoms with van der Waals surface area (Å²) in [7, 11) is -3.03. The lowest BCUT2D eigenvalue weighted by Crippen LogP contribution is -2.21. The van der Waals surface area contributed by atoms with Crippen molar-refractivity contribution in [3.8, 4) is 17.6 Å². The summed E-state index contributed by atoms with van der Waals surface area (Å²) in [6.07, 6.45) is 3.57. The van der Waals surface area contributed by atoms with Gasteiger partial charge in [-0.2, -0.15) is 4.98 Å². The van der Waals surface area contributed by atoms with E-state index in [1.54, 1.807) is 33.4 Å². The quantitative estimate of drug-likeness (QED) is 0.267. The van der Waals surface area contributed by atoms with Crippen molar-refractivity contribution in [1.82, 2.24) is 19.5 Å². The minimum atomic E-state index is -4.65. The number of halogens is 1. The van der Waals surface area contributed by atoms with Crippen molar-refractivity contribution >= 4 is 36.4 Å². The van der Waals surface area contributed by atoms with E-state index in [9.17, 15) is 4.57 Å². The molecule has 0 fully saturated rings. The Bertz CT molecular complexity index is 1320. The number of aromatic nitrogens is 4. The number of fused-ring (bicyclic) bond motifs is 1. The average Bonchev–Trinajstić information content (AvgIpc) is 3.00. The summed E-state index contributed by atoms with van der Waals surface area (Å²) in [6.45, 7) is 7.30. The number of aryl methyl sites for hydroxylation is 1. The van der Waals surface area contributed by atoms with Crippen LogP contribution in [0.15, 0.2) is 12.4 Å². The van der Waals surface area contributed by atoms with E-state index in [0.717, 1.165) is 22.6 Å². The zero-order chi connectivity index (χ0) is 24.6. The second-order valence-corrected chi connectivity index (χ2v) is 9.63. The van der Waals surface area contributed by atoms with Gasteiger partial charge in [-0.05, 0) is 27.7 Å². The Morgan fingerprint density at radius 3 is 2.64 bits per heavy atom. The lowest BCUT2D eigenvalue weighted by Gasteiger charge is -2.22. The van der Waals surface area contributed by atoms with Crippen LogP contribution in [0, 0.1) is 25.7 Å². The Labute approximate surface area is 196 Å². The molecule has 0 aliphatic rings. The van der Waals surface area contributed by atoms with Gasteiger partial charge in [-0.15, -0.1) is 0 Å². The maximum atomic E-state index is 11.2. The molecule has 176 valence electrons. The van der Waals surface area contributed by atoms with E-state index in [-0.39, 0.29) is 17.5 Å². The zero-order valence-corrected chi connectivity index (χ0v) is 20.5. The summed E-state index contributed by atoms with van der Waals surface area (Å²) in [6, 6.07) is 0. The number of phosphoric ester groups is 1. The number of nitrogen functional groups attached to an aromatic ring is 1. The monoisotopic (exact) mass is 493 g/mol. The number of nitrogens with two attached hydrogens (primary N) is 1. The minimum Gasteiger partial charge on any atom is -0.496 e. The van der Waals surface area contributed by atoms with E-state index in [1.807, 2.05) is 18.4 Å². The molecule has 12 heteroatoms. The lowest BCUT2D eigenvalue weighted by molar-refractivity contribution is 0.0695. The molecule has 0 aromatic carbocycles. The highest BCUT2D eigenvalue weighted by atomic mass is 35.5. The molecule has 0 saturated heterocycles. The first-order valence-corrected chi connectivity index (χ1v) is 11.8. The summed E-state index contributed by atoms with van der Waals surface area (Å²) < 4.78 is 23.3. The van der Waals surface area contributed by atoms with Crippen LogP contribution in [0.5, 0.6) is 5.75 Å². The van der Waals surface area contributed by atoms with Gasteiger partial charge in [-0.1, -0.05) is 23.4 Å². The van der Waals surface area contributed by atoms with Gasteiger partial charge in [-0.25, -0.2) is 9.55 Å². The highest BCUT2D eigenvalue weighted by Gasteiger charge is 2.28. The van der Waals surface area contributed by atoms with Gasteiger partial charge < -0.3 is 24.8 Å². The standard InChI is InChI=1S/C21H25ClN5O5P/c1-12-9-24-15(13(2)17(12)31-5)11-27-10-14(16-18(22)25-20(23)26-19(16)27)7-6-8-21(3,4)32-33(28,29)30/h9-10H,8,11H2,1-5H3,(H2,23,25,26)(H2,28,29,30). The second kappa shape index (κ2) is 9.29. The first-order valence-electron chi connectivity index (χ1n) is 9.87. The molecular weight excluding hydrogens is 469 g/mol. The molecule has 3 rings (SSSR count). The smallest absolute Gasteiger partial charge is 0.470 e. The fraction of sp³-hybridized carbons (Fsp3) is 0.381. The van der Waals surface area contributed by atoms with Crippen molar-refractivity contribution in [3.05, 3.63) is 39.9 Å². The van der Waals surface area contributed by atoms with Crippen LogP contribution in [0.1, 0.15) is 42.7 Å². The first kappa shape index (κ1) is 25.0. The molecule has 0 aliphatic heterocycles. The summed E-state index contributed by atoms with van der Waals surface area (Å²) in [4.78, 5) is 31.0. The van der Waals surface area contributed by atoms with Crippen LogP contribution in [-0.4, -0.2) is 42.0 Å². The van der Waals surface area contributed by atoms with Crippen LogP contribution in [0.4, 0.5) is 5.95 Å². The van der Waals surface area contributed by atoms with Gasteiger partial charge in [0.25, 0.3) is 0 Å². The molecule has 0 atom stereocenters. The van der Waals surface area contributed by atoms with Crippen LogP contribution in [0.2, 0.25) is 5.15 Å². The van der Waals surface area contributed by atoms with E-state index in [4.69, 9.17) is 36.4 Å². The van der Waals surface area contributed by atoms with E-state index in [1.165, 1.54) is 0 Å². The summed E-state index contributed by atoms with van der Waals surface area (Å²) >= 11 is 6.36. The number of methoxy groups -OCH3 is 1. The molecular formula is C21H25ClN5O5P. The molecule has 4 N–H and O–H groups in total. The van der Waals surface area contributed by atoms with Gasteiger partial charge in [0.15, 0.2) is 0 Å². The van der Waals surface area contributed by atoms with Gasteiger partial charge in [0.05, 0.1) is 35.9 Å². The van der Waals surface area contributed by atoms with Crippen molar-refractivity contribution < 1.29 is 23.6 Å². The normalized spacial score (nSPS) is 12.0. The molecule has 0 spiro atoms. The number of rotatable bonds is 6. The molecule has 3 aromatic heterocycles. The Balaban J connectivity index is 2.04. The Kier molecular flexibility index (Phi) is 7.03. The highest BCUT2D eigenvalue weighted by molar-refractivity contribution is 7.46. The van der Waals surface area contributed by atoms with Crippen LogP contribution in [-0.2, 0) is 15.6 Å². The largest absolute Gasteiger partial charge is 0.496 e. The maximum Gasteiger partial charge on any atom is 0.470 e. The molecule has 33 heavy (non-hydrogen) atoms. The Hall–Kier alpha value is -2.67. The molecule has 0 bridgehead atoms. The van der Waals surface area contributed by atoms with Gasteiger partial charge in [0.1, 0.15) is 16.5 Å². The van der Waals surface area contributed by atoms with E-state index >= 15 is 0 Å². The third kappa shape index (κ3) is 5.82.